The molecule has 2 nitrogen and oxygen atoms in total. The lowest BCUT2D eigenvalue weighted by molar-refractivity contribution is 0.462. The van der Waals surface area contributed by atoms with Crippen LogP contribution in [0, 0.1) is 0 Å². The van der Waals surface area contributed by atoms with Gasteiger partial charge in [0, 0.05) is 27.7 Å². The summed E-state index contributed by atoms with van der Waals surface area (Å²) in [5.41, 5.74) is 2.86. The second kappa shape index (κ2) is 4.90. The average molecular weight is 267 g/mol. The molecule has 18 heavy (non-hydrogen) atoms. The summed E-state index contributed by atoms with van der Waals surface area (Å²) in [4.78, 5) is 3.24. The van der Waals surface area contributed by atoms with Crippen molar-refractivity contribution in [3.63, 3.8) is 0 Å². The third kappa shape index (κ3) is 2.02. The molecule has 2 aromatic rings. The van der Waals surface area contributed by atoms with Gasteiger partial charge in [-0.25, -0.2) is 4.39 Å². The summed E-state index contributed by atoms with van der Waals surface area (Å²) < 4.78 is 12.8. The van der Waals surface area contributed by atoms with Crippen molar-refractivity contribution in [2.75, 3.05) is 13.1 Å². The van der Waals surface area contributed by atoms with Crippen molar-refractivity contribution in [1.82, 2.24) is 10.3 Å². The number of alkyl halides is 1. The molecule has 3 rings (SSSR count). The Labute approximate surface area is 111 Å². The van der Waals surface area contributed by atoms with Crippen LogP contribution >= 0.6 is 11.6 Å². The largest absolute Gasteiger partial charge is 0.361 e. The van der Waals surface area contributed by atoms with E-state index >= 15 is 0 Å². The molecule has 0 atom stereocenters. The average Bonchev–Trinajstić information content (AvgIpc) is 2.81. The molecule has 0 spiro atoms. The van der Waals surface area contributed by atoms with E-state index in [1.165, 1.54) is 5.56 Å². The van der Waals surface area contributed by atoms with Gasteiger partial charge in [-0.1, -0.05) is 11.6 Å². The van der Waals surface area contributed by atoms with Gasteiger partial charge in [0.25, 0.3) is 0 Å². The number of rotatable bonds is 2. The molecule has 0 unspecified atom stereocenters. The minimum absolute atomic E-state index is 0.517. The van der Waals surface area contributed by atoms with E-state index in [0.717, 1.165) is 36.8 Å². The fourth-order valence-corrected chi connectivity index (χ4v) is 3.00. The Balaban J connectivity index is 2.05. The minimum Gasteiger partial charge on any atom is -0.361 e. The maximum Gasteiger partial charge on any atom is 0.116 e. The number of benzene rings is 1. The number of piperidine rings is 1. The number of hydrogen-bond donors (Lipinski definition) is 2. The minimum atomic E-state index is -0.517. The molecule has 1 aromatic carbocycles. The highest BCUT2D eigenvalue weighted by Crippen LogP contribution is 2.34. The second-order valence-corrected chi connectivity index (χ2v) is 5.30. The van der Waals surface area contributed by atoms with Gasteiger partial charge in [-0.2, -0.15) is 0 Å². The summed E-state index contributed by atoms with van der Waals surface area (Å²) in [7, 11) is 0. The van der Waals surface area contributed by atoms with Crippen molar-refractivity contribution in [3.05, 3.63) is 34.5 Å². The lowest BCUT2D eigenvalue weighted by Crippen LogP contribution is -2.26. The van der Waals surface area contributed by atoms with Crippen molar-refractivity contribution in [2.24, 2.45) is 0 Å². The fraction of sp³-hybridized carbons (Fsp3) is 0.429. The van der Waals surface area contributed by atoms with E-state index in [9.17, 15) is 4.39 Å². The number of hydrogen-bond acceptors (Lipinski definition) is 1. The van der Waals surface area contributed by atoms with Crippen LogP contribution in [0.15, 0.2) is 18.3 Å². The van der Waals surface area contributed by atoms with Gasteiger partial charge in [0.05, 0.1) is 0 Å². The van der Waals surface area contributed by atoms with Gasteiger partial charge in [-0.05, 0) is 49.5 Å². The number of aromatic amines is 1. The molecule has 0 saturated carbocycles. The Hall–Kier alpha value is -1.06. The highest BCUT2D eigenvalue weighted by Gasteiger charge is 2.19. The van der Waals surface area contributed by atoms with Crippen LogP contribution < -0.4 is 5.32 Å². The third-order valence-corrected chi connectivity index (χ3v) is 4.16. The summed E-state index contributed by atoms with van der Waals surface area (Å²) in [6, 6.07) is 3.72. The Morgan fingerprint density at radius 1 is 1.28 bits per heavy atom. The van der Waals surface area contributed by atoms with Crippen molar-refractivity contribution >= 4 is 22.5 Å². The highest BCUT2D eigenvalue weighted by molar-refractivity contribution is 6.32. The van der Waals surface area contributed by atoms with E-state index in [-0.39, 0.29) is 0 Å². The molecule has 0 bridgehead atoms. The van der Waals surface area contributed by atoms with Gasteiger partial charge in [0.1, 0.15) is 6.67 Å². The van der Waals surface area contributed by atoms with Crippen molar-refractivity contribution in [3.8, 4) is 0 Å². The van der Waals surface area contributed by atoms with Gasteiger partial charge < -0.3 is 10.3 Å². The summed E-state index contributed by atoms with van der Waals surface area (Å²) in [5.74, 6) is 0.576. The van der Waals surface area contributed by atoms with E-state index in [2.05, 4.69) is 16.5 Å². The van der Waals surface area contributed by atoms with Crippen LogP contribution in [-0.2, 0) is 6.67 Å². The molecule has 1 aromatic heterocycles. The number of nitrogens with one attached hydrogen (secondary N) is 2. The van der Waals surface area contributed by atoms with Crippen LogP contribution in [-0.4, -0.2) is 18.1 Å². The molecule has 1 fully saturated rings. The van der Waals surface area contributed by atoms with Crippen LogP contribution in [0.4, 0.5) is 4.39 Å². The van der Waals surface area contributed by atoms with Gasteiger partial charge in [0.2, 0.25) is 0 Å². The molecule has 0 aliphatic carbocycles. The molecule has 1 aliphatic heterocycles. The first kappa shape index (κ1) is 12.0. The zero-order valence-corrected chi connectivity index (χ0v) is 10.9. The summed E-state index contributed by atoms with van der Waals surface area (Å²) in [6.07, 6.45) is 4.35. The first-order valence-electron chi connectivity index (χ1n) is 6.35. The van der Waals surface area contributed by atoms with Gasteiger partial charge in [-0.15, -0.1) is 0 Å². The summed E-state index contributed by atoms with van der Waals surface area (Å²) in [5, 5.41) is 5.04. The molecule has 2 heterocycles. The molecular weight excluding hydrogens is 251 g/mol. The number of aromatic nitrogens is 1. The molecule has 1 saturated heterocycles. The molecule has 1 aliphatic rings. The Kier molecular flexibility index (Phi) is 3.27. The van der Waals surface area contributed by atoms with Crippen molar-refractivity contribution in [1.29, 1.82) is 0 Å². The van der Waals surface area contributed by atoms with E-state index in [0.29, 0.717) is 16.5 Å². The van der Waals surface area contributed by atoms with Crippen LogP contribution in [0.5, 0.6) is 0 Å². The lowest BCUT2D eigenvalue weighted by Gasteiger charge is -2.22. The summed E-state index contributed by atoms with van der Waals surface area (Å²) >= 11 is 6.10. The normalized spacial score (nSPS) is 17.4. The van der Waals surface area contributed by atoms with E-state index in [1.807, 2.05) is 12.1 Å². The first-order valence-corrected chi connectivity index (χ1v) is 6.73. The van der Waals surface area contributed by atoms with Crippen molar-refractivity contribution in [2.45, 2.75) is 25.4 Å². The van der Waals surface area contributed by atoms with E-state index in [4.69, 9.17) is 11.6 Å². The quantitative estimate of drug-likeness (QED) is 0.851. The second-order valence-electron chi connectivity index (χ2n) is 4.89. The molecule has 4 heteroatoms. The number of H-pyrrole nitrogens is 1. The van der Waals surface area contributed by atoms with Gasteiger partial charge in [0.15, 0.2) is 0 Å². The maximum atomic E-state index is 12.8. The third-order valence-electron chi connectivity index (χ3n) is 3.80. The summed E-state index contributed by atoms with van der Waals surface area (Å²) in [6.45, 7) is 1.61. The van der Waals surface area contributed by atoms with Crippen LogP contribution in [0.1, 0.15) is 29.9 Å². The number of fused-ring (bicyclic) bond motifs is 1. The molecule has 0 radical (unpaired) electrons. The predicted octanol–water partition coefficient (Wildman–Crippen LogP) is 3.76. The van der Waals surface area contributed by atoms with Crippen LogP contribution in [0.2, 0.25) is 5.02 Å². The van der Waals surface area contributed by atoms with Crippen LogP contribution in [0.3, 0.4) is 0 Å². The molecule has 0 amide bonds. The lowest BCUT2D eigenvalue weighted by atomic mass is 9.90. The standard InChI is InChI=1S/C14H16ClFN2/c15-13-6-11-12(9-1-3-17-4-2-9)8-18-14(11)5-10(13)7-16/h5-6,8-9,17-18H,1-4,7H2. The maximum absolute atomic E-state index is 12.8. The Bertz CT molecular complexity index is 558. The molecule has 2 N–H and O–H groups in total. The molecule has 96 valence electrons. The predicted molar refractivity (Wildman–Crippen MR) is 73.0 cm³/mol. The Morgan fingerprint density at radius 2 is 2.06 bits per heavy atom. The number of halogens is 2. The van der Waals surface area contributed by atoms with Crippen molar-refractivity contribution < 1.29 is 4.39 Å². The molecular formula is C14H16ClFN2. The Morgan fingerprint density at radius 3 is 2.78 bits per heavy atom. The topological polar surface area (TPSA) is 27.8 Å². The highest BCUT2D eigenvalue weighted by atomic mass is 35.5. The SMILES string of the molecule is FCc1cc2[nH]cc(C3CCNCC3)c2cc1Cl. The zero-order valence-electron chi connectivity index (χ0n) is 10.1. The van der Waals surface area contributed by atoms with E-state index in [1.54, 1.807) is 0 Å². The van der Waals surface area contributed by atoms with Gasteiger partial charge in [-0.3, -0.25) is 0 Å². The van der Waals surface area contributed by atoms with Gasteiger partial charge >= 0.3 is 0 Å². The van der Waals surface area contributed by atoms with E-state index < -0.39 is 6.67 Å². The monoisotopic (exact) mass is 266 g/mol. The fourth-order valence-electron chi connectivity index (χ4n) is 2.78. The zero-order chi connectivity index (χ0) is 12.5. The smallest absolute Gasteiger partial charge is 0.116 e. The van der Waals surface area contributed by atoms with Crippen LogP contribution in [0.25, 0.3) is 10.9 Å². The first-order chi connectivity index (χ1) is 8.79.